The van der Waals surface area contributed by atoms with Gasteiger partial charge in [0.25, 0.3) is 5.56 Å². The highest BCUT2D eigenvalue weighted by Crippen LogP contribution is 2.29. The first-order chi connectivity index (χ1) is 15.8. The number of esters is 1. The number of carbonyl (C=O) groups excluding carboxylic acids is 2. The fraction of sp³-hybridized carbons (Fsp3) is 0.391. The Morgan fingerprint density at radius 3 is 2.48 bits per heavy atom. The van der Waals surface area contributed by atoms with Gasteiger partial charge in [0.1, 0.15) is 17.1 Å². The van der Waals surface area contributed by atoms with Crippen LogP contribution in [0.3, 0.4) is 0 Å². The molecule has 3 rings (SSSR count). The zero-order valence-corrected chi connectivity index (χ0v) is 19.3. The van der Waals surface area contributed by atoms with Crippen LogP contribution < -0.4 is 15.0 Å². The number of furan rings is 1. The predicted octanol–water partition coefficient (Wildman–Crippen LogP) is 2.54. The number of amides is 1. The van der Waals surface area contributed by atoms with Crippen molar-refractivity contribution < 1.29 is 28.2 Å². The van der Waals surface area contributed by atoms with Crippen LogP contribution in [0.1, 0.15) is 34.7 Å². The summed E-state index contributed by atoms with van der Waals surface area (Å²) in [7, 11) is 5.97. The van der Waals surface area contributed by atoms with Crippen molar-refractivity contribution in [1.29, 1.82) is 0 Å². The van der Waals surface area contributed by atoms with Crippen molar-refractivity contribution in [2.24, 2.45) is 0 Å². The minimum atomic E-state index is -0.484. The van der Waals surface area contributed by atoms with Crippen molar-refractivity contribution in [3.63, 3.8) is 0 Å². The highest BCUT2D eigenvalue weighted by molar-refractivity contribution is 5.90. The van der Waals surface area contributed by atoms with Crippen molar-refractivity contribution in [3.8, 4) is 11.5 Å². The van der Waals surface area contributed by atoms with Crippen molar-refractivity contribution >= 4 is 22.8 Å². The average molecular weight is 457 g/mol. The van der Waals surface area contributed by atoms with Gasteiger partial charge >= 0.3 is 5.97 Å². The Labute approximate surface area is 190 Å². The number of fused-ring (bicyclic) bond motifs is 1. The summed E-state index contributed by atoms with van der Waals surface area (Å²) in [4.78, 5) is 42.9. The van der Waals surface area contributed by atoms with Crippen LogP contribution in [0.25, 0.3) is 10.9 Å². The molecule has 1 aromatic carbocycles. The molecule has 2 heterocycles. The SMILES string of the molecule is COC(=O)c1cc(CN(C)C(=O)CCCn2cnc3cc(OC)c(OC)cc3c2=O)oc1C. The molecule has 3 aromatic rings. The Hall–Kier alpha value is -3.82. The standard InChI is InChI=1S/C23H27N3O7/c1-14-16(23(29)32-5)9-15(33-14)12-25(2)21(27)7-6-8-26-13-24-18-11-20(31-4)19(30-3)10-17(18)22(26)28/h9-11,13H,6-8,12H2,1-5H3. The summed E-state index contributed by atoms with van der Waals surface area (Å²) in [5.74, 6) is 1.27. The first-order valence-corrected chi connectivity index (χ1v) is 10.3. The van der Waals surface area contributed by atoms with Gasteiger partial charge in [-0.2, -0.15) is 0 Å². The van der Waals surface area contributed by atoms with Gasteiger partial charge in [-0.25, -0.2) is 9.78 Å². The van der Waals surface area contributed by atoms with Gasteiger partial charge in [-0.15, -0.1) is 0 Å². The number of nitrogens with zero attached hydrogens (tertiary/aromatic N) is 3. The molecule has 1 amide bonds. The third kappa shape index (κ3) is 5.16. The second kappa shape index (κ2) is 10.2. The summed E-state index contributed by atoms with van der Waals surface area (Å²) >= 11 is 0. The van der Waals surface area contributed by atoms with Crippen molar-refractivity contribution in [2.45, 2.75) is 32.9 Å². The molecule has 0 aliphatic rings. The summed E-state index contributed by atoms with van der Waals surface area (Å²) in [5, 5.41) is 0.410. The minimum absolute atomic E-state index is 0.114. The Kier molecular flexibility index (Phi) is 7.37. The number of hydrogen-bond acceptors (Lipinski definition) is 8. The normalized spacial score (nSPS) is 10.8. The van der Waals surface area contributed by atoms with E-state index in [0.29, 0.717) is 52.5 Å². The molecule has 0 radical (unpaired) electrons. The maximum atomic E-state index is 12.8. The van der Waals surface area contributed by atoms with E-state index in [2.05, 4.69) is 4.98 Å². The molecule has 0 unspecified atom stereocenters. The predicted molar refractivity (Wildman–Crippen MR) is 120 cm³/mol. The van der Waals surface area contributed by atoms with Crippen LogP contribution in [0.4, 0.5) is 0 Å². The van der Waals surface area contributed by atoms with Crippen molar-refractivity contribution in [3.05, 3.63) is 52.0 Å². The van der Waals surface area contributed by atoms with Gasteiger partial charge in [0.05, 0.1) is 45.1 Å². The summed E-state index contributed by atoms with van der Waals surface area (Å²) in [6.45, 7) is 2.22. The number of aryl methyl sites for hydroxylation is 2. The van der Waals surface area contributed by atoms with Crippen LogP contribution in [-0.2, 0) is 22.6 Å². The first-order valence-electron chi connectivity index (χ1n) is 10.3. The highest BCUT2D eigenvalue weighted by Gasteiger charge is 2.18. The molecule has 2 aromatic heterocycles. The largest absolute Gasteiger partial charge is 0.493 e. The summed E-state index contributed by atoms with van der Waals surface area (Å²) in [6, 6.07) is 4.84. The topological polar surface area (TPSA) is 113 Å². The molecular weight excluding hydrogens is 430 g/mol. The van der Waals surface area contributed by atoms with Crippen LogP contribution >= 0.6 is 0 Å². The maximum absolute atomic E-state index is 12.8. The molecule has 0 saturated carbocycles. The van der Waals surface area contributed by atoms with E-state index in [1.807, 2.05) is 0 Å². The molecule has 10 nitrogen and oxygen atoms in total. The minimum Gasteiger partial charge on any atom is -0.493 e. The van der Waals surface area contributed by atoms with Crippen molar-refractivity contribution in [2.75, 3.05) is 28.4 Å². The van der Waals surface area contributed by atoms with E-state index in [4.69, 9.17) is 18.6 Å². The fourth-order valence-electron chi connectivity index (χ4n) is 3.49. The van der Waals surface area contributed by atoms with Gasteiger partial charge in [0.15, 0.2) is 11.5 Å². The quantitative estimate of drug-likeness (QED) is 0.451. The average Bonchev–Trinajstić information content (AvgIpc) is 3.18. The van der Waals surface area contributed by atoms with Gasteiger partial charge < -0.3 is 23.5 Å². The lowest BCUT2D eigenvalue weighted by Gasteiger charge is -2.16. The molecule has 0 fully saturated rings. The van der Waals surface area contributed by atoms with E-state index >= 15 is 0 Å². The van der Waals surface area contributed by atoms with Gasteiger partial charge in [-0.05, 0) is 25.5 Å². The third-order valence-electron chi connectivity index (χ3n) is 5.31. The van der Waals surface area contributed by atoms with Crippen LogP contribution in [0.2, 0.25) is 0 Å². The van der Waals surface area contributed by atoms with E-state index < -0.39 is 5.97 Å². The van der Waals surface area contributed by atoms with Gasteiger partial charge in [-0.3, -0.25) is 14.2 Å². The van der Waals surface area contributed by atoms with Crippen LogP contribution in [0.15, 0.2) is 33.7 Å². The molecule has 0 bridgehead atoms. The molecule has 33 heavy (non-hydrogen) atoms. The molecule has 176 valence electrons. The monoisotopic (exact) mass is 457 g/mol. The molecule has 0 atom stereocenters. The number of aromatic nitrogens is 2. The number of ether oxygens (including phenoxy) is 3. The van der Waals surface area contributed by atoms with E-state index in [9.17, 15) is 14.4 Å². The Balaban J connectivity index is 1.62. The van der Waals surface area contributed by atoms with Crippen LogP contribution in [-0.4, -0.2) is 54.7 Å². The van der Waals surface area contributed by atoms with Gasteiger partial charge in [-0.1, -0.05) is 0 Å². The number of methoxy groups -OCH3 is 3. The number of rotatable bonds is 9. The zero-order valence-electron chi connectivity index (χ0n) is 19.3. The first kappa shape index (κ1) is 23.8. The highest BCUT2D eigenvalue weighted by atomic mass is 16.5. The smallest absolute Gasteiger partial charge is 0.341 e. The number of benzene rings is 1. The molecule has 0 spiro atoms. The lowest BCUT2D eigenvalue weighted by Crippen LogP contribution is -2.27. The van der Waals surface area contributed by atoms with E-state index in [1.54, 1.807) is 32.2 Å². The lowest BCUT2D eigenvalue weighted by atomic mass is 10.2. The zero-order chi connectivity index (χ0) is 24.1. The second-order valence-electron chi connectivity index (χ2n) is 7.49. The van der Waals surface area contributed by atoms with E-state index in [1.165, 1.54) is 37.1 Å². The summed E-state index contributed by atoms with van der Waals surface area (Å²) < 4.78 is 22.3. The van der Waals surface area contributed by atoms with Crippen LogP contribution in [0, 0.1) is 6.92 Å². The molecule has 10 heteroatoms. The Morgan fingerprint density at radius 1 is 1.12 bits per heavy atom. The van der Waals surface area contributed by atoms with Gasteiger partial charge in [0, 0.05) is 26.1 Å². The Bertz CT molecular complexity index is 1230. The third-order valence-corrected chi connectivity index (χ3v) is 5.31. The maximum Gasteiger partial charge on any atom is 0.341 e. The second-order valence-corrected chi connectivity index (χ2v) is 7.49. The molecule has 0 saturated heterocycles. The fourth-order valence-corrected chi connectivity index (χ4v) is 3.49. The van der Waals surface area contributed by atoms with E-state index in [-0.39, 0.29) is 24.4 Å². The van der Waals surface area contributed by atoms with Crippen molar-refractivity contribution in [1.82, 2.24) is 14.5 Å². The number of carbonyl (C=O) groups is 2. The van der Waals surface area contributed by atoms with E-state index in [0.717, 1.165) is 0 Å². The molecule has 0 aliphatic carbocycles. The molecule has 0 N–H and O–H groups in total. The summed E-state index contributed by atoms with van der Waals surface area (Å²) in [5.41, 5.74) is 0.624. The summed E-state index contributed by atoms with van der Waals surface area (Å²) in [6.07, 6.45) is 2.15. The lowest BCUT2D eigenvalue weighted by molar-refractivity contribution is -0.130. The molecular formula is C23H27N3O7. The molecule has 0 aliphatic heterocycles. The van der Waals surface area contributed by atoms with Gasteiger partial charge in [0.2, 0.25) is 5.91 Å². The van der Waals surface area contributed by atoms with Crippen LogP contribution in [0.5, 0.6) is 11.5 Å². The Morgan fingerprint density at radius 2 is 1.82 bits per heavy atom. The number of hydrogen-bond donors (Lipinski definition) is 0.